The van der Waals surface area contributed by atoms with Crippen LogP contribution in [0.1, 0.15) is 11.1 Å². The minimum atomic E-state index is -0.793. The molecule has 0 saturated heterocycles. The van der Waals surface area contributed by atoms with Crippen LogP contribution in [0.4, 0.5) is 10.1 Å². The molecule has 29 heavy (non-hydrogen) atoms. The van der Waals surface area contributed by atoms with Gasteiger partial charge in [0.05, 0.1) is 27.8 Å². The molecule has 148 valence electrons. The number of nitrogens with one attached hydrogen (secondary N) is 1. The molecule has 3 rings (SSSR count). The SMILES string of the molecule is COc1c(Br)cc(-n2ccc(=O)[nH]c2=O)c(F)c1/C=C/c1ccc([N+](=O)[O-])cc1. The van der Waals surface area contributed by atoms with Crippen molar-refractivity contribution in [2.75, 3.05) is 7.11 Å². The Morgan fingerprint density at radius 1 is 1.21 bits per heavy atom. The topological polar surface area (TPSA) is 107 Å². The fourth-order valence-corrected chi connectivity index (χ4v) is 3.23. The summed E-state index contributed by atoms with van der Waals surface area (Å²) < 4.78 is 21.9. The first kappa shape index (κ1) is 20.2. The molecule has 0 aliphatic carbocycles. The molecule has 0 aliphatic rings. The molecule has 0 aliphatic heterocycles. The zero-order valence-corrected chi connectivity index (χ0v) is 16.5. The second kappa shape index (κ2) is 8.23. The summed E-state index contributed by atoms with van der Waals surface area (Å²) in [6, 6.07) is 8.16. The first-order valence-electron chi connectivity index (χ1n) is 8.12. The van der Waals surface area contributed by atoms with Crippen molar-refractivity contribution in [1.29, 1.82) is 0 Å². The number of nitro benzene ring substituents is 1. The summed E-state index contributed by atoms with van der Waals surface area (Å²) in [6.45, 7) is 0. The Labute approximate surface area is 171 Å². The first-order valence-corrected chi connectivity index (χ1v) is 8.92. The summed E-state index contributed by atoms with van der Waals surface area (Å²) in [7, 11) is 1.37. The molecular weight excluding hydrogens is 449 g/mol. The first-order chi connectivity index (χ1) is 13.8. The van der Waals surface area contributed by atoms with E-state index in [-0.39, 0.29) is 22.7 Å². The van der Waals surface area contributed by atoms with Gasteiger partial charge in [-0.2, -0.15) is 0 Å². The number of ether oxygens (including phenoxy) is 1. The zero-order valence-electron chi connectivity index (χ0n) is 14.9. The van der Waals surface area contributed by atoms with Gasteiger partial charge >= 0.3 is 5.69 Å². The molecule has 0 amide bonds. The lowest BCUT2D eigenvalue weighted by Gasteiger charge is -2.14. The largest absolute Gasteiger partial charge is 0.495 e. The number of hydrogen-bond acceptors (Lipinski definition) is 5. The Morgan fingerprint density at radius 2 is 1.90 bits per heavy atom. The van der Waals surface area contributed by atoms with Crippen LogP contribution in [0.2, 0.25) is 0 Å². The number of aromatic amines is 1. The van der Waals surface area contributed by atoms with E-state index >= 15 is 4.39 Å². The predicted molar refractivity (Wildman–Crippen MR) is 109 cm³/mol. The van der Waals surface area contributed by atoms with Crippen LogP contribution in [0.25, 0.3) is 17.8 Å². The minimum Gasteiger partial charge on any atom is -0.495 e. The number of H-pyrrole nitrogens is 1. The number of halogens is 2. The van der Waals surface area contributed by atoms with Crippen molar-refractivity contribution >= 4 is 33.8 Å². The highest BCUT2D eigenvalue weighted by atomic mass is 79.9. The van der Waals surface area contributed by atoms with Gasteiger partial charge in [0.1, 0.15) is 5.75 Å². The van der Waals surface area contributed by atoms with Gasteiger partial charge in [0.2, 0.25) is 0 Å². The lowest BCUT2D eigenvalue weighted by atomic mass is 10.1. The maximum absolute atomic E-state index is 15.2. The van der Waals surface area contributed by atoms with Gasteiger partial charge in [0.15, 0.2) is 5.82 Å². The van der Waals surface area contributed by atoms with Crippen LogP contribution in [-0.2, 0) is 0 Å². The van der Waals surface area contributed by atoms with Crippen LogP contribution in [0.15, 0.2) is 56.7 Å². The van der Waals surface area contributed by atoms with Crippen LogP contribution < -0.4 is 16.0 Å². The third-order valence-electron chi connectivity index (χ3n) is 4.02. The number of hydrogen-bond donors (Lipinski definition) is 1. The van der Waals surface area contributed by atoms with Gasteiger partial charge in [0.25, 0.3) is 11.2 Å². The van der Waals surface area contributed by atoms with Crippen molar-refractivity contribution in [3.8, 4) is 11.4 Å². The number of rotatable bonds is 5. The maximum Gasteiger partial charge on any atom is 0.333 e. The van der Waals surface area contributed by atoms with E-state index in [0.29, 0.717) is 10.0 Å². The highest BCUT2D eigenvalue weighted by Crippen LogP contribution is 2.35. The lowest BCUT2D eigenvalue weighted by Crippen LogP contribution is -2.28. The Balaban J connectivity index is 2.12. The summed E-state index contributed by atoms with van der Waals surface area (Å²) in [5, 5.41) is 10.7. The molecule has 1 heterocycles. The van der Waals surface area contributed by atoms with E-state index in [1.54, 1.807) is 6.08 Å². The molecule has 0 bridgehead atoms. The number of nitrogens with zero attached hydrogens (tertiary/aromatic N) is 2. The molecule has 1 N–H and O–H groups in total. The number of aromatic nitrogens is 2. The van der Waals surface area contributed by atoms with Gasteiger partial charge in [-0.25, -0.2) is 9.18 Å². The molecule has 0 unspecified atom stereocenters. The zero-order chi connectivity index (χ0) is 21.1. The average molecular weight is 462 g/mol. The standard InChI is InChI=1S/C19H13BrFN3O5/c1-29-18-13(7-4-11-2-5-12(6-3-11)24(27)28)17(21)15(10-14(18)20)23-9-8-16(25)22-19(23)26/h2-10H,1H3,(H,22,25,26)/b7-4+. The normalized spacial score (nSPS) is 11.0. The molecule has 1 aromatic heterocycles. The van der Waals surface area contributed by atoms with Gasteiger partial charge in [-0.15, -0.1) is 0 Å². The van der Waals surface area contributed by atoms with Crippen molar-refractivity contribution in [2.24, 2.45) is 0 Å². The molecular formula is C19H13BrFN3O5. The average Bonchev–Trinajstić information content (AvgIpc) is 2.69. The van der Waals surface area contributed by atoms with Crippen molar-refractivity contribution in [3.63, 3.8) is 0 Å². The van der Waals surface area contributed by atoms with E-state index in [1.165, 1.54) is 49.7 Å². The van der Waals surface area contributed by atoms with Gasteiger partial charge in [-0.1, -0.05) is 6.08 Å². The van der Waals surface area contributed by atoms with Crippen LogP contribution in [0.5, 0.6) is 5.75 Å². The third kappa shape index (κ3) is 4.16. The van der Waals surface area contributed by atoms with E-state index in [4.69, 9.17) is 4.74 Å². The maximum atomic E-state index is 15.2. The highest BCUT2D eigenvalue weighted by molar-refractivity contribution is 9.10. The predicted octanol–water partition coefficient (Wildman–Crippen LogP) is 3.51. The molecule has 10 heteroatoms. The highest BCUT2D eigenvalue weighted by Gasteiger charge is 2.18. The Kier molecular flexibility index (Phi) is 5.74. The second-order valence-corrected chi connectivity index (χ2v) is 6.65. The molecule has 3 aromatic rings. The van der Waals surface area contributed by atoms with Gasteiger partial charge < -0.3 is 4.74 Å². The van der Waals surface area contributed by atoms with E-state index in [9.17, 15) is 19.7 Å². The summed E-state index contributed by atoms with van der Waals surface area (Å²) in [6.07, 6.45) is 4.15. The van der Waals surface area contributed by atoms with Crippen molar-refractivity contribution in [3.05, 3.63) is 95.0 Å². The molecule has 0 atom stereocenters. The van der Waals surface area contributed by atoms with Gasteiger partial charge in [-0.3, -0.25) is 24.5 Å². The fourth-order valence-electron chi connectivity index (χ4n) is 2.64. The third-order valence-corrected chi connectivity index (χ3v) is 4.61. The number of benzene rings is 2. The summed E-state index contributed by atoms with van der Waals surface area (Å²) >= 11 is 3.29. The van der Waals surface area contributed by atoms with Crippen LogP contribution in [0, 0.1) is 15.9 Å². The van der Waals surface area contributed by atoms with E-state index in [2.05, 4.69) is 20.9 Å². The summed E-state index contributed by atoms with van der Waals surface area (Å²) in [4.78, 5) is 35.6. The number of methoxy groups -OCH3 is 1. The fraction of sp³-hybridized carbons (Fsp3) is 0.0526. The number of nitro groups is 1. The molecule has 0 saturated carbocycles. The second-order valence-electron chi connectivity index (χ2n) is 5.80. The van der Waals surface area contributed by atoms with E-state index in [1.807, 2.05) is 0 Å². The van der Waals surface area contributed by atoms with Crippen molar-refractivity contribution in [1.82, 2.24) is 9.55 Å². The quantitative estimate of drug-likeness (QED) is 0.355. The monoisotopic (exact) mass is 461 g/mol. The van der Waals surface area contributed by atoms with E-state index in [0.717, 1.165) is 10.6 Å². The molecule has 0 radical (unpaired) electrons. The van der Waals surface area contributed by atoms with Crippen molar-refractivity contribution in [2.45, 2.75) is 0 Å². The Morgan fingerprint density at radius 3 is 2.48 bits per heavy atom. The molecule has 8 nitrogen and oxygen atoms in total. The van der Waals surface area contributed by atoms with E-state index < -0.39 is 22.0 Å². The van der Waals surface area contributed by atoms with Gasteiger partial charge in [-0.05, 0) is 45.8 Å². The smallest absolute Gasteiger partial charge is 0.333 e. The summed E-state index contributed by atoms with van der Waals surface area (Å²) in [5.41, 5.74) is -0.903. The summed E-state index contributed by atoms with van der Waals surface area (Å²) in [5.74, 6) is -0.556. The van der Waals surface area contributed by atoms with Crippen LogP contribution >= 0.6 is 15.9 Å². The molecule has 0 fully saturated rings. The minimum absolute atomic E-state index is 0.0494. The van der Waals surface area contributed by atoms with Crippen molar-refractivity contribution < 1.29 is 14.1 Å². The Bertz CT molecular complexity index is 1230. The molecule has 0 spiro atoms. The van der Waals surface area contributed by atoms with Crippen LogP contribution in [-0.4, -0.2) is 21.6 Å². The Hall–Kier alpha value is -3.53. The lowest BCUT2D eigenvalue weighted by molar-refractivity contribution is -0.384. The molecule has 2 aromatic carbocycles. The van der Waals surface area contributed by atoms with Gasteiger partial charge in [0, 0.05) is 24.4 Å². The number of non-ortho nitro benzene ring substituents is 1. The van der Waals surface area contributed by atoms with Crippen LogP contribution in [0.3, 0.4) is 0 Å².